The fraction of sp³-hybridized carbons (Fsp3) is 0.333. The fourth-order valence-corrected chi connectivity index (χ4v) is 3.81. The Morgan fingerprint density at radius 1 is 1.25 bits per heavy atom. The number of rotatable bonds is 6. The van der Waals surface area contributed by atoms with Gasteiger partial charge in [-0.1, -0.05) is 24.3 Å². The van der Waals surface area contributed by atoms with Gasteiger partial charge >= 0.3 is 0 Å². The van der Waals surface area contributed by atoms with Crippen molar-refractivity contribution >= 4 is 28.8 Å². The molecule has 0 unspecified atom stereocenters. The number of benzene rings is 1. The third-order valence-corrected chi connectivity index (χ3v) is 5.15. The first-order valence-corrected chi connectivity index (χ1v) is 8.95. The highest BCUT2D eigenvalue weighted by Crippen LogP contribution is 2.24. The number of carbonyl (C=O) groups excluding carboxylic acids is 2. The van der Waals surface area contributed by atoms with Crippen molar-refractivity contribution in [3.8, 4) is 0 Å². The summed E-state index contributed by atoms with van der Waals surface area (Å²) in [4.78, 5) is 26.9. The van der Waals surface area contributed by atoms with Gasteiger partial charge in [-0.05, 0) is 42.5 Å². The van der Waals surface area contributed by atoms with Gasteiger partial charge in [0, 0.05) is 17.1 Å². The first-order chi connectivity index (χ1) is 11.6. The second-order valence-electron chi connectivity index (χ2n) is 5.99. The maximum absolute atomic E-state index is 12.2. The van der Waals surface area contributed by atoms with E-state index in [-0.39, 0.29) is 17.9 Å². The van der Waals surface area contributed by atoms with Gasteiger partial charge in [-0.3, -0.25) is 14.5 Å². The zero-order valence-electron chi connectivity index (χ0n) is 13.4. The molecule has 1 aliphatic heterocycles. The molecule has 2 heterocycles. The van der Waals surface area contributed by atoms with Gasteiger partial charge in [0.1, 0.15) is 0 Å². The number of likely N-dealkylation sites (tertiary alicyclic amines) is 1. The number of anilines is 1. The third kappa shape index (κ3) is 4.01. The van der Waals surface area contributed by atoms with Crippen molar-refractivity contribution in [1.82, 2.24) is 4.90 Å². The Morgan fingerprint density at radius 2 is 2.08 bits per heavy atom. The smallest absolute Gasteiger partial charge is 0.234 e. The van der Waals surface area contributed by atoms with Crippen LogP contribution in [0.25, 0.3) is 0 Å². The van der Waals surface area contributed by atoms with E-state index in [9.17, 15) is 9.59 Å². The van der Waals surface area contributed by atoms with Crippen LogP contribution in [0.15, 0.2) is 41.8 Å². The molecule has 1 aliphatic rings. The number of nitrogens with zero attached hydrogens (tertiary/aromatic N) is 1. The summed E-state index contributed by atoms with van der Waals surface area (Å²) in [6.07, 6.45) is 2.16. The van der Waals surface area contributed by atoms with E-state index in [2.05, 4.69) is 10.2 Å². The molecule has 6 heteroatoms. The molecule has 0 bridgehead atoms. The van der Waals surface area contributed by atoms with Crippen molar-refractivity contribution < 1.29 is 9.59 Å². The van der Waals surface area contributed by atoms with E-state index >= 15 is 0 Å². The predicted octanol–water partition coefficient (Wildman–Crippen LogP) is 2.38. The Kier molecular flexibility index (Phi) is 5.27. The van der Waals surface area contributed by atoms with Crippen LogP contribution in [-0.4, -0.2) is 29.3 Å². The molecule has 126 valence electrons. The van der Waals surface area contributed by atoms with Crippen molar-refractivity contribution in [2.24, 2.45) is 5.73 Å². The lowest BCUT2D eigenvalue weighted by Crippen LogP contribution is -2.39. The average molecular weight is 343 g/mol. The zero-order chi connectivity index (χ0) is 16.9. The number of para-hydroxylation sites is 1. The number of thiophene rings is 1. The lowest BCUT2D eigenvalue weighted by molar-refractivity contribution is -0.122. The minimum atomic E-state index is -0.272. The number of amides is 2. The Morgan fingerprint density at radius 3 is 2.83 bits per heavy atom. The van der Waals surface area contributed by atoms with Crippen molar-refractivity contribution in [2.45, 2.75) is 31.8 Å². The van der Waals surface area contributed by atoms with Crippen molar-refractivity contribution in [1.29, 1.82) is 0 Å². The van der Waals surface area contributed by atoms with Crippen LogP contribution in [0.4, 0.5) is 5.69 Å². The maximum atomic E-state index is 12.2. The number of nitrogens with two attached hydrogens (primary N) is 1. The average Bonchev–Trinajstić information content (AvgIpc) is 3.20. The second kappa shape index (κ2) is 7.59. The molecule has 1 saturated heterocycles. The maximum Gasteiger partial charge on any atom is 0.234 e. The van der Waals surface area contributed by atoms with Crippen LogP contribution in [0.2, 0.25) is 0 Å². The quantitative estimate of drug-likeness (QED) is 0.845. The molecule has 1 fully saturated rings. The van der Waals surface area contributed by atoms with Gasteiger partial charge in [0.2, 0.25) is 11.8 Å². The molecule has 24 heavy (non-hydrogen) atoms. The molecule has 0 spiro atoms. The van der Waals surface area contributed by atoms with E-state index in [1.165, 1.54) is 0 Å². The van der Waals surface area contributed by atoms with Crippen molar-refractivity contribution in [3.63, 3.8) is 0 Å². The Balaban J connectivity index is 1.68. The molecule has 2 amide bonds. The lowest BCUT2D eigenvalue weighted by Gasteiger charge is -2.23. The van der Waals surface area contributed by atoms with Crippen LogP contribution in [0.5, 0.6) is 0 Å². The van der Waals surface area contributed by atoms with Crippen LogP contribution in [-0.2, 0) is 22.6 Å². The minimum absolute atomic E-state index is 0.0298. The van der Waals surface area contributed by atoms with E-state index in [4.69, 9.17) is 5.73 Å². The molecule has 3 N–H and O–H groups in total. The molecule has 2 aromatic rings. The van der Waals surface area contributed by atoms with Gasteiger partial charge in [0.05, 0.1) is 12.5 Å². The summed E-state index contributed by atoms with van der Waals surface area (Å²) in [6, 6.07) is 11.4. The first-order valence-electron chi connectivity index (χ1n) is 8.07. The summed E-state index contributed by atoms with van der Waals surface area (Å²) in [5.74, 6) is -0.301. The minimum Gasteiger partial charge on any atom is -0.368 e. The highest BCUT2D eigenvalue weighted by atomic mass is 32.1. The van der Waals surface area contributed by atoms with Crippen LogP contribution in [0, 0.1) is 0 Å². The van der Waals surface area contributed by atoms with Crippen LogP contribution < -0.4 is 11.1 Å². The molecule has 0 saturated carbocycles. The molecule has 1 aromatic carbocycles. The van der Waals surface area contributed by atoms with Crippen molar-refractivity contribution in [3.05, 3.63) is 52.2 Å². The Hall–Kier alpha value is -2.18. The molecule has 0 radical (unpaired) electrons. The predicted molar refractivity (Wildman–Crippen MR) is 95.7 cm³/mol. The first kappa shape index (κ1) is 16.7. The Labute approximate surface area is 145 Å². The lowest BCUT2D eigenvalue weighted by atomic mass is 10.1. The number of hydrogen-bond acceptors (Lipinski definition) is 4. The molecule has 5 nitrogen and oxygen atoms in total. The third-order valence-electron chi connectivity index (χ3n) is 4.27. The largest absolute Gasteiger partial charge is 0.368 e. The molecule has 1 atom stereocenters. The highest BCUT2D eigenvalue weighted by Gasteiger charge is 2.29. The summed E-state index contributed by atoms with van der Waals surface area (Å²) in [6.45, 7) is 1.47. The van der Waals surface area contributed by atoms with Crippen molar-refractivity contribution in [2.75, 3.05) is 11.9 Å². The summed E-state index contributed by atoms with van der Waals surface area (Å²) < 4.78 is 0. The standard InChI is InChI=1S/C18H21N3O2S/c19-18(23)16-8-3-9-21(16)12-13-5-1-2-7-15(13)20-17(22)11-14-6-4-10-24-14/h1-2,4-7,10,16H,3,8-9,11-12H2,(H2,19,23)(H,20,22)/t16-/m0/s1. The van der Waals surface area contributed by atoms with E-state index in [0.717, 1.165) is 35.5 Å². The molecular formula is C18H21N3O2S. The fourth-order valence-electron chi connectivity index (χ4n) is 3.10. The van der Waals surface area contributed by atoms with Gasteiger partial charge < -0.3 is 11.1 Å². The number of primary amides is 1. The SMILES string of the molecule is NC(=O)[C@@H]1CCCN1Cc1ccccc1NC(=O)Cc1cccs1. The Bertz CT molecular complexity index is 715. The summed E-state index contributed by atoms with van der Waals surface area (Å²) in [7, 11) is 0. The van der Waals surface area contributed by atoms with E-state index in [1.807, 2.05) is 41.8 Å². The van der Waals surface area contributed by atoms with Gasteiger partial charge in [0.25, 0.3) is 0 Å². The normalized spacial score (nSPS) is 17.8. The molecule has 3 rings (SSSR count). The van der Waals surface area contributed by atoms with Gasteiger partial charge in [-0.2, -0.15) is 0 Å². The number of nitrogens with one attached hydrogen (secondary N) is 1. The number of carbonyl (C=O) groups is 2. The second-order valence-corrected chi connectivity index (χ2v) is 7.02. The van der Waals surface area contributed by atoms with Crippen LogP contribution in [0.3, 0.4) is 0 Å². The van der Waals surface area contributed by atoms with Gasteiger partial charge in [-0.25, -0.2) is 0 Å². The summed E-state index contributed by atoms with van der Waals surface area (Å²) >= 11 is 1.58. The molecule has 1 aromatic heterocycles. The van der Waals surface area contributed by atoms with Gasteiger partial charge in [0.15, 0.2) is 0 Å². The van der Waals surface area contributed by atoms with Crippen LogP contribution >= 0.6 is 11.3 Å². The highest BCUT2D eigenvalue weighted by molar-refractivity contribution is 7.10. The summed E-state index contributed by atoms with van der Waals surface area (Å²) in [5, 5.41) is 4.96. The number of hydrogen-bond donors (Lipinski definition) is 2. The summed E-state index contributed by atoms with van der Waals surface area (Å²) in [5.41, 5.74) is 7.29. The molecule has 0 aliphatic carbocycles. The monoisotopic (exact) mass is 343 g/mol. The van der Waals surface area contributed by atoms with Crippen LogP contribution in [0.1, 0.15) is 23.3 Å². The van der Waals surface area contributed by atoms with E-state index < -0.39 is 0 Å². The molecular weight excluding hydrogens is 322 g/mol. The van der Waals surface area contributed by atoms with E-state index in [0.29, 0.717) is 13.0 Å². The topological polar surface area (TPSA) is 75.4 Å². The van der Waals surface area contributed by atoms with E-state index in [1.54, 1.807) is 11.3 Å². The zero-order valence-corrected chi connectivity index (χ0v) is 14.2. The van der Waals surface area contributed by atoms with Gasteiger partial charge in [-0.15, -0.1) is 11.3 Å².